The first-order chi connectivity index (χ1) is 12.6. The van der Waals surface area contributed by atoms with Crippen LogP contribution in [0.1, 0.15) is 21.5 Å². The molecule has 6 heteroatoms. The van der Waals surface area contributed by atoms with E-state index in [1.165, 1.54) is 0 Å². The number of benzene rings is 2. The van der Waals surface area contributed by atoms with E-state index in [1.807, 2.05) is 19.1 Å². The van der Waals surface area contributed by atoms with Crippen molar-refractivity contribution >= 4 is 34.7 Å². The van der Waals surface area contributed by atoms with Gasteiger partial charge in [0.25, 0.3) is 5.91 Å². The highest BCUT2D eigenvalue weighted by atomic mass is 35.5. The van der Waals surface area contributed by atoms with Gasteiger partial charge in [0.15, 0.2) is 0 Å². The van der Waals surface area contributed by atoms with Crippen molar-refractivity contribution in [1.29, 1.82) is 5.26 Å². The molecular formula is C20H15ClN4O. The lowest BCUT2D eigenvalue weighted by Crippen LogP contribution is -2.13. The van der Waals surface area contributed by atoms with Gasteiger partial charge >= 0.3 is 0 Å². The van der Waals surface area contributed by atoms with Crippen molar-refractivity contribution in [2.24, 2.45) is 0 Å². The van der Waals surface area contributed by atoms with Crippen molar-refractivity contribution in [1.82, 2.24) is 4.98 Å². The van der Waals surface area contributed by atoms with Crippen LogP contribution >= 0.6 is 11.6 Å². The minimum absolute atomic E-state index is 0.314. The molecule has 1 amide bonds. The molecule has 0 bridgehead atoms. The number of aromatic nitrogens is 1. The van der Waals surface area contributed by atoms with Gasteiger partial charge < -0.3 is 10.6 Å². The molecule has 2 N–H and O–H groups in total. The standard InChI is InChI=1S/C20H15ClN4O/c1-13-10-16(21)6-7-17(13)24-19-11-14(8-9-23-19)20(26)25-18-5-3-2-4-15(18)12-22/h2-11H,1H3,(H,23,24)(H,25,26). The maximum Gasteiger partial charge on any atom is 0.255 e. The van der Waals surface area contributed by atoms with Crippen molar-refractivity contribution in [2.45, 2.75) is 6.92 Å². The fourth-order valence-electron chi connectivity index (χ4n) is 2.43. The number of nitrogens with one attached hydrogen (secondary N) is 2. The quantitative estimate of drug-likeness (QED) is 0.691. The highest BCUT2D eigenvalue weighted by Gasteiger charge is 2.10. The Morgan fingerprint density at radius 3 is 2.69 bits per heavy atom. The first kappa shape index (κ1) is 17.5. The van der Waals surface area contributed by atoms with Crippen LogP contribution < -0.4 is 10.6 Å². The molecule has 0 radical (unpaired) electrons. The number of carbonyl (C=O) groups is 1. The van der Waals surface area contributed by atoms with E-state index in [9.17, 15) is 4.79 Å². The molecule has 3 rings (SSSR count). The molecule has 2 aromatic carbocycles. The minimum atomic E-state index is -0.314. The fraction of sp³-hybridized carbons (Fsp3) is 0.0500. The third kappa shape index (κ3) is 4.00. The average Bonchev–Trinajstić information content (AvgIpc) is 2.65. The molecule has 0 atom stereocenters. The molecule has 0 unspecified atom stereocenters. The van der Waals surface area contributed by atoms with Crippen molar-refractivity contribution in [3.05, 3.63) is 82.5 Å². The Morgan fingerprint density at radius 1 is 1.12 bits per heavy atom. The average molecular weight is 363 g/mol. The van der Waals surface area contributed by atoms with Gasteiger partial charge in [-0.25, -0.2) is 4.98 Å². The maximum absolute atomic E-state index is 12.5. The minimum Gasteiger partial charge on any atom is -0.340 e. The van der Waals surface area contributed by atoms with E-state index in [2.05, 4.69) is 21.7 Å². The largest absolute Gasteiger partial charge is 0.340 e. The molecule has 1 aromatic heterocycles. The Hall–Kier alpha value is -3.36. The van der Waals surface area contributed by atoms with Crippen LogP contribution in [0.4, 0.5) is 17.2 Å². The Morgan fingerprint density at radius 2 is 1.92 bits per heavy atom. The van der Waals surface area contributed by atoms with Crippen LogP contribution in [0.2, 0.25) is 5.02 Å². The highest BCUT2D eigenvalue weighted by Crippen LogP contribution is 2.23. The molecule has 1 heterocycles. The van der Waals surface area contributed by atoms with Gasteiger partial charge in [0.05, 0.1) is 11.3 Å². The number of rotatable bonds is 4. The summed E-state index contributed by atoms with van der Waals surface area (Å²) in [5, 5.41) is 15.7. The number of carbonyl (C=O) groups excluding carboxylic acids is 1. The van der Waals surface area contributed by atoms with Crippen LogP contribution in [0.15, 0.2) is 60.8 Å². The van der Waals surface area contributed by atoms with E-state index in [4.69, 9.17) is 16.9 Å². The Balaban J connectivity index is 1.80. The second-order valence-electron chi connectivity index (χ2n) is 5.63. The first-order valence-corrected chi connectivity index (χ1v) is 8.24. The molecule has 0 saturated heterocycles. The molecule has 0 aliphatic rings. The molecule has 0 aliphatic carbocycles. The summed E-state index contributed by atoms with van der Waals surface area (Å²) in [5.74, 6) is 0.225. The van der Waals surface area contributed by atoms with Crippen LogP contribution in [0, 0.1) is 18.3 Å². The molecular weight excluding hydrogens is 348 g/mol. The molecule has 0 saturated carbocycles. The van der Waals surface area contributed by atoms with Gasteiger partial charge in [0, 0.05) is 22.5 Å². The molecule has 5 nitrogen and oxygen atoms in total. The van der Waals surface area contributed by atoms with Gasteiger partial charge in [-0.3, -0.25) is 4.79 Å². The number of amides is 1. The predicted molar refractivity (Wildman–Crippen MR) is 103 cm³/mol. The van der Waals surface area contributed by atoms with Gasteiger partial charge in [-0.1, -0.05) is 23.7 Å². The Labute approximate surface area is 156 Å². The SMILES string of the molecule is Cc1cc(Cl)ccc1Nc1cc(C(=O)Nc2ccccc2C#N)ccn1. The number of aryl methyl sites for hydroxylation is 1. The molecule has 0 aliphatic heterocycles. The number of nitriles is 1. The van der Waals surface area contributed by atoms with Crippen LogP contribution in [-0.4, -0.2) is 10.9 Å². The van der Waals surface area contributed by atoms with Crippen molar-refractivity contribution in [2.75, 3.05) is 10.6 Å². The first-order valence-electron chi connectivity index (χ1n) is 7.86. The van der Waals surface area contributed by atoms with E-state index in [-0.39, 0.29) is 5.91 Å². The second-order valence-corrected chi connectivity index (χ2v) is 6.06. The summed E-state index contributed by atoms with van der Waals surface area (Å²) in [5.41, 5.74) is 3.14. The molecule has 128 valence electrons. The molecule has 26 heavy (non-hydrogen) atoms. The number of nitrogens with zero attached hydrogens (tertiary/aromatic N) is 2. The zero-order valence-corrected chi connectivity index (χ0v) is 14.7. The van der Waals surface area contributed by atoms with E-state index in [0.717, 1.165) is 11.3 Å². The van der Waals surface area contributed by atoms with Crippen molar-refractivity contribution in [3.8, 4) is 6.07 Å². The maximum atomic E-state index is 12.5. The summed E-state index contributed by atoms with van der Waals surface area (Å²) in [6.45, 7) is 1.93. The summed E-state index contributed by atoms with van der Waals surface area (Å²) in [6.07, 6.45) is 1.55. The fourth-order valence-corrected chi connectivity index (χ4v) is 2.66. The normalized spacial score (nSPS) is 10.0. The molecule has 0 fully saturated rings. The van der Waals surface area contributed by atoms with Crippen molar-refractivity contribution < 1.29 is 4.79 Å². The van der Waals surface area contributed by atoms with Crippen LogP contribution in [-0.2, 0) is 0 Å². The summed E-state index contributed by atoms with van der Waals surface area (Å²) in [6, 6.07) is 17.7. The number of halogens is 1. The number of para-hydroxylation sites is 1. The summed E-state index contributed by atoms with van der Waals surface area (Å²) in [7, 11) is 0. The van der Waals surface area contributed by atoms with Crippen molar-refractivity contribution in [3.63, 3.8) is 0 Å². The topological polar surface area (TPSA) is 77.8 Å². The van der Waals surface area contributed by atoms with E-state index in [0.29, 0.717) is 27.7 Å². The van der Waals surface area contributed by atoms with Gasteiger partial charge in [-0.2, -0.15) is 5.26 Å². The zero-order chi connectivity index (χ0) is 18.5. The lowest BCUT2D eigenvalue weighted by atomic mass is 10.1. The van der Waals surface area contributed by atoms with Crippen LogP contribution in [0.25, 0.3) is 0 Å². The predicted octanol–water partition coefficient (Wildman–Crippen LogP) is 4.91. The van der Waals surface area contributed by atoms with Gasteiger partial charge in [-0.05, 0) is 55.0 Å². The third-order valence-electron chi connectivity index (χ3n) is 3.77. The smallest absolute Gasteiger partial charge is 0.255 e. The number of hydrogen-bond acceptors (Lipinski definition) is 4. The monoisotopic (exact) mass is 362 g/mol. The van der Waals surface area contributed by atoms with Gasteiger partial charge in [0.2, 0.25) is 0 Å². The second kappa shape index (κ2) is 7.68. The van der Waals surface area contributed by atoms with Gasteiger partial charge in [-0.15, -0.1) is 0 Å². The third-order valence-corrected chi connectivity index (χ3v) is 4.00. The summed E-state index contributed by atoms with van der Waals surface area (Å²) >= 11 is 5.97. The summed E-state index contributed by atoms with van der Waals surface area (Å²) < 4.78 is 0. The van der Waals surface area contributed by atoms with E-state index in [1.54, 1.807) is 48.7 Å². The molecule has 0 spiro atoms. The summed E-state index contributed by atoms with van der Waals surface area (Å²) in [4.78, 5) is 16.7. The lowest BCUT2D eigenvalue weighted by molar-refractivity contribution is 0.102. The van der Waals surface area contributed by atoms with E-state index >= 15 is 0 Å². The number of hydrogen-bond donors (Lipinski definition) is 2. The van der Waals surface area contributed by atoms with E-state index < -0.39 is 0 Å². The Bertz CT molecular complexity index is 1010. The highest BCUT2D eigenvalue weighted by molar-refractivity contribution is 6.30. The molecule has 3 aromatic rings. The number of pyridine rings is 1. The zero-order valence-electron chi connectivity index (χ0n) is 14.0. The number of anilines is 3. The van der Waals surface area contributed by atoms with Gasteiger partial charge in [0.1, 0.15) is 11.9 Å². The lowest BCUT2D eigenvalue weighted by Gasteiger charge is -2.11. The Kier molecular flexibility index (Phi) is 5.16. The van der Waals surface area contributed by atoms with Crippen LogP contribution in [0.3, 0.4) is 0 Å². The van der Waals surface area contributed by atoms with Crippen LogP contribution in [0.5, 0.6) is 0 Å².